The molecule has 0 radical (unpaired) electrons. The molecule has 1 aliphatic carbocycles. The van der Waals surface area contributed by atoms with Crippen LogP contribution in [0, 0.1) is 11.3 Å². The molecule has 0 aromatic heterocycles. The van der Waals surface area contributed by atoms with Crippen molar-refractivity contribution in [1.82, 2.24) is 10.2 Å². The van der Waals surface area contributed by atoms with Gasteiger partial charge in [0, 0.05) is 19.6 Å². The summed E-state index contributed by atoms with van der Waals surface area (Å²) in [7, 11) is 0. The van der Waals surface area contributed by atoms with Crippen LogP contribution in [0.4, 0.5) is 0 Å². The van der Waals surface area contributed by atoms with Gasteiger partial charge in [0.1, 0.15) is 0 Å². The Balaban J connectivity index is 0.00000200. The largest absolute Gasteiger partial charge is 0.354 e. The number of nitrogens with two attached hydrogens (primary N) is 1. The monoisotopic (exact) mass is 339 g/mol. The van der Waals surface area contributed by atoms with E-state index in [1.165, 1.54) is 25.9 Å². The molecule has 2 fully saturated rings. The maximum Gasteiger partial charge on any atom is 0.227 e. The standard InChI is InChI=1S/C15H29N3O.2ClH/c1-13-4-9-18(10-5-13)11-8-17-14(19)15(12-16)6-2-3-7-15;;/h13H,2-12,16H2,1H3,(H,17,19);2*1H. The van der Waals surface area contributed by atoms with Crippen LogP contribution in [0.2, 0.25) is 0 Å². The molecule has 1 aliphatic heterocycles. The van der Waals surface area contributed by atoms with E-state index in [9.17, 15) is 4.79 Å². The molecular weight excluding hydrogens is 309 g/mol. The van der Waals surface area contributed by atoms with Gasteiger partial charge in [-0.15, -0.1) is 24.8 Å². The van der Waals surface area contributed by atoms with E-state index < -0.39 is 0 Å². The Morgan fingerprint density at radius 2 is 1.81 bits per heavy atom. The number of likely N-dealkylation sites (tertiary alicyclic amines) is 1. The molecule has 0 spiro atoms. The smallest absolute Gasteiger partial charge is 0.227 e. The second kappa shape index (κ2) is 9.88. The van der Waals surface area contributed by atoms with E-state index in [1.54, 1.807) is 0 Å². The van der Waals surface area contributed by atoms with Crippen LogP contribution in [0.25, 0.3) is 0 Å². The Bertz CT molecular complexity index is 301. The summed E-state index contributed by atoms with van der Waals surface area (Å²) >= 11 is 0. The van der Waals surface area contributed by atoms with Crippen molar-refractivity contribution in [3.63, 3.8) is 0 Å². The molecule has 0 aromatic rings. The van der Waals surface area contributed by atoms with Gasteiger partial charge in [0.05, 0.1) is 5.41 Å². The van der Waals surface area contributed by atoms with Crippen LogP contribution in [0.1, 0.15) is 45.4 Å². The molecular formula is C15H31Cl2N3O. The second-order valence-electron chi connectivity index (χ2n) is 6.47. The number of hydrogen-bond donors (Lipinski definition) is 2. The van der Waals surface area contributed by atoms with Crippen LogP contribution in [0.5, 0.6) is 0 Å². The SMILES string of the molecule is CC1CCN(CCNC(=O)C2(CN)CCCC2)CC1.Cl.Cl. The predicted molar refractivity (Wildman–Crippen MR) is 92.3 cm³/mol. The first-order chi connectivity index (χ1) is 9.16. The van der Waals surface area contributed by atoms with Crippen LogP contribution < -0.4 is 11.1 Å². The molecule has 4 nitrogen and oxygen atoms in total. The molecule has 6 heteroatoms. The summed E-state index contributed by atoms with van der Waals surface area (Å²) in [6.07, 6.45) is 6.82. The van der Waals surface area contributed by atoms with E-state index in [0.717, 1.165) is 44.7 Å². The van der Waals surface area contributed by atoms with E-state index in [4.69, 9.17) is 5.73 Å². The Hall–Kier alpha value is -0.0300. The number of halogens is 2. The normalized spacial score (nSPS) is 22.2. The molecule has 1 heterocycles. The summed E-state index contributed by atoms with van der Waals surface area (Å²) in [5.41, 5.74) is 5.57. The molecule has 1 saturated carbocycles. The molecule has 2 aliphatic rings. The maximum atomic E-state index is 12.3. The molecule has 1 amide bonds. The summed E-state index contributed by atoms with van der Waals surface area (Å²) in [5.74, 6) is 1.06. The van der Waals surface area contributed by atoms with Crippen molar-refractivity contribution in [2.75, 3.05) is 32.7 Å². The van der Waals surface area contributed by atoms with Crippen molar-refractivity contribution >= 4 is 30.7 Å². The minimum Gasteiger partial charge on any atom is -0.354 e. The number of carbonyl (C=O) groups is 1. The fraction of sp³-hybridized carbons (Fsp3) is 0.933. The molecule has 2 rings (SSSR count). The Labute approximate surface area is 141 Å². The third-order valence-electron chi connectivity index (χ3n) is 5.02. The van der Waals surface area contributed by atoms with Gasteiger partial charge in [0.25, 0.3) is 0 Å². The number of rotatable bonds is 5. The lowest BCUT2D eigenvalue weighted by Crippen LogP contribution is -2.47. The van der Waals surface area contributed by atoms with Crippen LogP contribution in [-0.4, -0.2) is 43.5 Å². The lowest BCUT2D eigenvalue weighted by atomic mass is 9.85. The summed E-state index contributed by atoms with van der Waals surface area (Å²) < 4.78 is 0. The maximum absolute atomic E-state index is 12.3. The number of hydrogen-bond acceptors (Lipinski definition) is 3. The molecule has 0 unspecified atom stereocenters. The zero-order chi connectivity index (χ0) is 13.7. The van der Waals surface area contributed by atoms with Gasteiger partial charge in [0.2, 0.25) is 5.91 Å². The van der Waals surface area contributed by atoms with Crippen molar-refractivity contribution < 1.29 is 4.79 Å². The average molecular weight is 340 g/mol. The zero-order valence-electron chi connectivity index (χ0n) is 13.1. The number of amides is 1. The van der Waals surface area contributed by atoms with Gasteiger partial charge in [-0.05, 0) is 44.7 Å². The highest BCUT2D eigenvalue weighted by molar-refractivity contribution is 5.85. The van der Waals surface area contributed by atoms with Crippen LogP contribution in [-0.2, 0) is 4.79 Å². The second-order valence-corrected chi connectivity index (χ2v) is 6.47. The summed E-state index contributed by atoms with van der Waals surface area (Å²) in [5, 5.41) is 3.11. The van der Waals surface area contributed by atoms with Crippen LogP contribution >= 0.6 is 24.8 Å². The van der Waals surface area contributed by atoms with E-state index in [1.807, 2.05) is 0 Å². The number of carbonyl (C=O) groups excluding carboxylic acids is 1. The van der Waals surface area contributed by atoms with Gasteiger partial charge in [0.15, 0.2) is 0 Å². The molecule has 0 atom stereocenters. The Kier molecular flexibility index (Phi) is 9.87. The van der Waals surface area contributed by atoms with E-state index in [-0.39, 0.29) is 36.1 Å². The lowest BCUT2D eigenvalue weighted by molar-refractivity contribution is -0.130. The Morgan fingerprint density at radius 3 is 2.33 bits per heavy atom. The molecule has 0 aromatic carbocycles. The molecule has 1 saturated heterocycles. The predicted octanol–water partition coefficient (Wildman–Crippen LogP) is 2.20. The van der Waals surface area contributed by atoms with E-state index in [0.29, 0.717) is 6.54 Å². The van der Waals surface area contributed by atoms with Gasteiger partial charge in [-0.2, -0.15) is 0 Å². The zero-order valence-corrected chi connectivity index (χ0v) is 14.7. The lowest BCUT2D eigenvalue weighted by Gasteiger charge is -2.31. The Morgan fingerprint density at radius 1 is 1.24 bits per heavy atom. The topological polar surface area (TPSA) is 58.4 Å². The van der Waals surface area contributed by atoms with Crippen LogP contribution in [0.15, 0.2) is 0 Å². The molecule has 3 N–H and O–H groups in total. The van der Waals surface area contributed by atoms with Gasteiger partial charge in [-0.3, -0.25) is 4.79 Å². The van der Waals surface area contributed by atoms with E-state index >= 15 is 0 Å². The van der Waals surface area contributed by atoms with Crippen molar-refractivity contribution in [2.45, 2.75) is 45.4 Å². The summed E-state index contributed by atoms with van der Waals surface area (Å²) in [6.45, 7) is 6.94. The quantitative estimate of drug-likeness (QED) is 0.807. The third kappa shape index (κ3) is 5.59. The van der Waals surface area contributed by atoms with Crippen molar-refractivity contribution in [1.29, 1.82) is 0 Å². The number of nitrogens with one attached hydrogen (secondary N) is 1. The highest BCUT2D eigenvalue weighted by Crippen LogP contribution is 2.37. The van der Waals surface area contributed by atoms with Crippen molar-refractivity contribution in [3.8, 4) is 0 Å². The number of piperidine rings is 1. The fourth-order valence-electron chi connectivity index (χ4n) is 3.38. The van der Waals surface area contributed by atoms with Crippen LogP contribution in [0.3, 0.4) is 0 Å². The molecule has 0 bridgehead atoms. The summed E-state index contributed by atoms with van der Waals surface area (Å²) in [6, 6.07) is 0. The number of nitrogens with zero attached hydrogens (tertiary/aromatic N) is 1. The molecule has 126 valence electrons. The van der Waals surface area contributed by atoms with Gasteiger partial charge in [-0.1, -0.05) is 19.8 Å². The van der Waals surface area contributed by atoms with Crippen molar-refractivity contribution in [2.24, 2.45) is 17.1 Å². The average Bonchev–Trinajstić information content (AvgIpc) is 2.91. The molecule has 21 heavy (non-hydrogen) atoms. The third-order valence-corrected chi connectivity index (χ3v) is 5.02. The highest BCUT2D eigenvalue weighted by atomic mass is 35.5. The minimum absolute atomic E-state index is 0. The first kappa shape index (κ1) is 21.0. The fourth-order valence-corrected chi connectivity index (χ4v) is 3.38. The van der Waals surface area contributed by atoms with Gasteiger partial charge < -0.3 is 16.0 Å². The highest BCUT2D eigenvalue weighted by Gasteiger charge is 2.39. The van der Waals surface area contributed by atoms with Crippen molar-refractivity contribution in [3.05, 3.63) is 0 Å². The minimum atomic E-state index is -0.254. The summed E-state index contributed by atoms with van der Waals surface area (Å²) in [4.78, 5) is 14.7. The van der Waals surface area contributed by atoms with Gasteiger partial charge in [-0.25, -0.2) is 0 Å². The first-order valence-corrected chi connectivity index (χ1v) is 7.87. The van der Waals surface area contributed by atoms with Gasteiger partial charge >= 0.3 is 0 Å². The first-order valence-electron chi connectivity index (χ1n) is 7.87. The van der Waals surface area contributed by atoms with E-state index in [2.05, 4.69) is 17.1 Å².